The summed E-state index contributed by atoms with van der Waals surface area (Å²) in [6, 6.07) is 8.61. The second-order valence-electron chi connectivity index (χ2n) is 3.86. The first-order chi connectivity index (χ1) is 7.86. The van der Waals surface area contributed by atoms with E-state index in [-0.39, 0.29) is 0 Å². The molecule has 0 aliphatic carbocycles. The Morgan fingerprint density at radius 3 is 2.56 bits per heavy atom. The Hall–Kier alpha value is -1.18. The van der Waals surface area contributed by atoms with Crippen molar-refractivity contribution in [1.82, 2.24) is 0 Å². The van der Waals surface area contributed by atoms with Crippen LogP contribution in [0.1, 0.15) is 39.0 Å². The second kappa shape index (κ2) is 8.03. The molecule has 0 aliphatic heterocycles. The van der Waals surface area contributed by atoms with Crippen molar-refractivity contribution in [2.75, 3.05) is 13.7 Å². The fourth-order valence-electron chi connectivity index (χ4n) is 1.51. The van der Waals surface area contributed by atoms with E-state index >= 15 is 0 Å². The Bertz CT molecular complexity index is 267. The lowest BCUT2D eigenvalue weighted by Gasteiger charge is -2.06. The van der Waals surface area contributed by atoms with Crippen molar-refractivity contribution >= 4 is 0 Å². The minimum absolute atomic E-state index is 0.746. The minimum Gasteiger partial charge on any atom is -0.496 e. The van der Waals surface area contributed by atoms with Crippen LogP contribution in [0.2, 0.25) is 0 Å². The topological polar surface area (TPSA) is 18.5 Å². The molecule has 0 fully saturated rings. The summed E-state index contributed by atoms with van der Waals surface area (Å²) >= 11 is 0. The molecule has 1 rings (SSSR count). The third kappa shape index (κ3) is 5.06. The summed E-state index contributed by atoms with van der Waals surface area (Å²) in [6.45, 7) is 3.02. The Morgan fingerprint density at radius 2 is 1.94 bits per heavy atom. The molecule has 0 aromatic heterocycles. The van der Waals surface area contributed by atoms with Gasteiger partial charge in [0.05, 0.1) is 13.7 Å². The van der Waals surface area contributed by atoms with E-state index in [2.05, 4.69) is 13.0 Å². The predicted octanol–water partition coefficient (Wildman–Crippen LogP) is 3.84. The molecule has 0 spiro atoms. The number of hydrogen-bond acceptors (Lipinski definition) is 2. The second-order valence-corrected chi connectivity index (χ2v) is 3.86. The lowest BCUT2D eigenvalue weighted by Crippen LogP contribution is -1.97. The van der Waals surface area contributed by atoms with Crippen molar-refractivity contribution in [1.29, 1.82) is 0 Å². The van der Waals surface area contributed by atoms with E-state index in [4.69, 9.17) is 9.47 Å². The number of benzene rings is 1. The smallest absolute Gasteiger partial charge is 0.127 e. The molecule has 1 radical (unpaired) electrons. The highest BCUT2D eigenvalue weighted by Gasteiger charge is 1.95. The standard InChI is InChI=1S/C14H21O2/c1-3-4-5-6-7-12-16-14-10-8-13(15-2)9-11-14/h8,10-11H,3-7,12H2,1-2H3. The minimum atomic E-state index is 0.746. The van der Waals surface area contributed by atoms with Gasteiger partial charge in [-0.25, -0.2) is 0 Å². The van der Waals surface area contributed by atoms with E-state index < -0.39 is 0 Å². The van der Waals surface area contributed by atoms with Crippen LogP contribution in [-0.4, -0.2) is 13.7 Å². The highest BCUT2D eigenvalue weighted by atomic mass is 16.5. The summed E-state index contributed by atoms with van der Waals surface area (Å²) in [5, 5.41) is 0. The van der Waals surface area contributed by atoms with Gasteiger partial charge in [-0.15, -0.1) is 0 Å². The lowest BCUT2D eigenvalue weighted by molar-refractivity contribution is 0.304. The molecule has 1 aromatic carbocycles. The van der Waals surface area contributed by atoms with Gasteiger partial charge in [-0.3, -0.25) is 0 Å². The number of hydrogen-bond donors (Lipinski definition) is 0. The van der Waals surface area contributed by atoms with Crippen molar-refractivity contribution in [2.45, 2.75) is 39.0 Å². The van der Waals surface area contributed by atoms with Crippen LogP contribution in [0.5, 0.6) is 11.5 Å². The zero-order chi connectivity index (χ0) is 11.6. The van der Waals surface area contributed by atoms with Crippen molar-refractivity contribution in [3.05, 3.63) is 24.3 Å². The van der Waals surface area contributed by atoms with Crippen molar-refractivity contribution in [3.63, 3.8) is 0 Å². The molecule has 0 aliphatic rings. The summed E-state index contributed by atoms with van der Waals surface area (Å²) in [4.78, 5) is 0. The first-order valence-corrected chi connectivity index (χ1v) is 6.05. The quantitative estimate of drug-likeness (QED) is 0.621. The number of ether oxygens (including phenoxy) is 2. The van der Waals surface area contributed by atoms with Crippen LogP contribution in [0.25, 0.3) is 0 Å². The molecule has 0 N–H and O–H groups in total. The van der Waals surface area contributed by atoms with E-state index in [9.17, 15) is 0 Å². The SMILES string of the molecule is CCCCCCCOc1c[c]c(OC)cc1. The number of unbranched alkanes of at least 4 members (excludes halogenated alkanes) is 4. The molecule has 2 nitrogen and oxygen atoms in total. The molecule has 0 saturated heterocycles. The summed E-state index contributed by atoms with van der Waals surface area (Å²) < 4.78 is 10.6. The lowest BCUT2D eigenvalue weighted by atomic mass is 10.2. The molecule has 0 heterocycles. The molecule has 16 heavy (non-hydrogen) atoms. The van der Waals surface area contributed by atoms with Crippen molar-refractivity contribution < 1.29 is 9.47 Å². The molecule has 0 amide bonds. The normalized spacial score (nSPS) is 10.1. The molecule has 0 atom stereocenters. The average Bonchev–Trinajstić information content (AvgIpc) is 2.34. The van der Waals surface area contributed by atoms with Crippen LogP contribution in [0.4, 0.5) is 0 Å². The Labute approximate surface area is 98.6 Å². The van der Waals surface area contributed by atoms with Gasteiger partial charge in [0.2, 0.25) is 0 Å². The van der Waals surface area contributed by atoms with E-state index in [0.29, 0.717) is 0 Å². The van der Waals surface area contributed by atoms with E-state index in [1.165, 1.54) is 25.7 Å². The third-order valence-electron chi connectivity index (χ3n) is 2.49. The highest BCUT2D eigenvalue weighted by Crippen LogP contribution is 2.16. The molecule has 0 bridgehead atoms. The average molecular weight is 221 g/mol. The summed E-state index contributed by atoms with van der Waals surface area (Å²) in [5.41, 5.74) is 0. The molecule has 0 unspecified atom stereocenters. The first kappa shape index (κ1) is 12.9. The Morgan fingerprint density at radius 1 is 1.12 bits per heavy atom. The van der Waals surface area contributed by atoms with E-state index in [1.807, 2.05) is 18.2 Å². The molecule has 0 saturated carbocycles. The van der Waals surface area contributed by atoms with Crippen molar-refractivity contribution in [3.8, 4) is 11.5 Å². The molecule has 2 heteroatoms. The first-order valence-electron chi connectivity index (χ1n) is 6.05. The maximum Gasteiger partial charge on any atom is 0.127 e. The highest BCUT2D eigenvalue weighted by molar-refractivity contribution is 5.29. The van der Waals surface area contributed by atoms with Gasteiger partial charge in [0, 0.05) is 6.07 Å². The third-order valence-corrected chi connectivity index (χ3v) is 2.49. The zero-order valence-electron chi connectivity index (χ0n) is 10.3. The summed E-state index contributed by atoms with van der Waals surface area (Å²) in [5.74, 6) is 1.62. The van der Waals surface area contributed by atoms with Crippen molar-refractivity contribution in [2.24, 2.45) is 0 Å². The molecular formula is C14H21O2. The monoisotopic (exact) mass is 221 g/mol. The van der Waals surface area contributed by atoms with Gasteiger partial charge in [-0.1, -0.05) is 32.6 Å². The number of rotatable bonds is 8. The largest absolute Gasteiger partial charge is 0.496 e. The van der Waals surface area contributed by atoms with Gasteiger partial charge in [0.1, 0.15) is 11.5 Å². The van der Waals surface area contributed by atoms with Crippen LogP contribution < -0.4 is 9.47 Å². The van der Waals surface area contributed by atoms with Crippen LogP contribution in [0, 0.1) is 6.07 Å². The van der Waals surface area contributed by atoms with Gasteiger partial charge in [-0.05, 0) is 24.6 Å². The maximum atomic E-state index is 5.60. The Kier molecular flexibility index (Phi) is 6.47. The summed E-state index contributed by atoms with van der Waals surface area (Å²) in [7, 11) is 1.64. The van der Waals surface area contributed by atoms with Gasteiger partial charge in [0.15, 0.2) is 0 Å². The van der Waals surface area contributed by atoms with Gasteiger partial charge < -0.3 is 9.47 Å². The van der Waals surface area contributed by atoms with Crippen LogP contribution in [0.15, 0.2) is 18.2 Å². The van der Waals surface area contributed by atoms with Gasteiger partial charge in [-0.2, -0.15) is 0 Å². The maximum absolute atomic E-state index is 5.60. The summed E-state index contributed by atoms with van der Waals surface area (Å²) in [6.07, 6.45) is 6.32. The van der Waals surface area contributed by atoms with Crippen LogP contribution in [-0.2, 0) is 0 Å². The van der Waals surface area contributed by atoms with E-state index in [0.717, 1.165) is 24.5 Å². The zero-order valence-corrected chi connectivity index (χ0v) is 10.3. The molecule has 1 aromatic rings. The van der Waals surface area contributed by atoms with Crippen LogP contribution in [0.3, 0.4) is 0 Å². The predicted molar refractivity (Wildman–Crippen MR) is 66.1 cm³/mol. The molecular weight excluding hydrogens is 200 g/mol. The number of methoxy groups -OCH3 is 1. The van der Waals surface area contributed by atoms with Gasteiger partial charge >= 0.3 is 0 Å². The fraction of sp³-hybridized carbons (Fsp3) is 0.571. The van der Waals surface area contributed by atoms with E-state index in [1.54, 1.807) is 7.11 Å². The molecule has 89 valence electrons. The van der Waals surface area contributed by atoms with Crippen LogP contribution >= 0.6 is 0 Å². The Balaban J connectivity index is 2.12. The fourth-order valence-corrected chi connectivity index (χ4v) is 1.51. The van der Waals surface area contributed by atoms with Gasteiger partial charge in [0.25, 0.3) is 0 Å².